The highest BCUT2D eigenvalue weighted by molar-refractivity contribution is 5.66. The van der Waals surface area contributed by atoms with Crippen molar-refractivity contribution in [3.63, 3.8) is 0 Å². The Balaban J connectivity index is 1.94. The third kappa shape index (κ3) is 3.16. The predicted octanol–water partition coefficient (Wildman–Crippen LogP) is 2.69. The average molecular weight is 248 g/mol. The quantitative estimate of drug-likeness (QED) is 0.643. The van der Waals surface area contributed by atoms with E-state index in [1.54, 1.807) is 0 Å². The van der Waals surface area contributed by atoms with Crippen LogP contribution in [0.25, 0.3) is 0 Å². The van der Waals surface area contributed by atoms with Crippen LogP contribution in [0.4, 0.5) is 11.4 Å². The van der Waals surface area contributed by atoms with E-state index in [-0.39, 0.29) is 0 Å². The Bertz CT molecular complexity index is 390. The van der Waals surface area contributed by atoms with Crippen molar-refractivity contribution in [2.75, 3.05) is 36.9 Å². The molecule has 2 N–H and O–H groups in total. The van der Waals surface area contributed by atoms with Crippen LogP contribution in [0.2, 0.25) is 0 Å². The van der Waals surface area contributed by atoms with E-state index in [4.69, 9.17) is 10.5 Å². The lowest BCUT2D eigenvalue weighted by Gasteiger charge is -2.32. The zero-order valence-electron chi connectivity index (χ0n) is 11.5. The van der Waals surface area contributed by atoms with Gasteiger partial charge in [0.2, 0.25) is 0 Å². The minimum absolute atomic E-state index is 0.606. The zero-order chi connectivity index (χ0) is 13.0. The third-order valence-electron chi connectivity index (χ3n) is 3.34. The molecule has 1 aliphatic rings. The summed E-state index contributed by atoms with van der Waals surface area (Å²) in [5, 5.41) is 0. The minimum atomic E-state index is 0.606. The van der Waals surface area contributed by atoms with Crippen molar-refractivity contribution in [1.29, 1.82) is 0 Å². The second-order valence-corrected chi connectivity index (χ2v) is 5.40. The second kappa shape index (κ2) is 6.10. The van der Waals surface area contributed by atoms with Gasteiger partial charge in [0.1, 0.15) is 0 Å². The Morgan fingerprint density at radius 2 is 2.22 bits per heavy atom. The highest BCUT2D eigenvalue weighted by atomic mass is 16.5. The van der Waals surface area contributed by atoms with E-state index in [2.05, 4.69) is 24.8 Å². The van der Waals surface area contributed by atoms with Gasteiger partial charge >= 0.3 is 0 Å². The number of nitrogens with two attached hydrogens (primary N) is 1. The monoisotopic (exact) mass is 248 g/mol. The van der Waals surface area contributed by atoms with Crippen molar-refractivity contribution in [3.05, 3.63) is 23.8 Å². The van der Waals surface area contributed by atoms with Crippen LogP contribution >= 0.6 is 0 Å². The molecule has 0 bridgehead atoms. The van der Waals surface area contributed by atoms with Gasteiger partial charge in [-0.25, -0.2) is 0 Å². The maximum atomic E-state index is 6.04. The number of hydrogen-bond donors (Lipinski definition) is 1. The number of ether oxygens (including phenoxy) is 1. The van der Waals surface area contributed by atoms with E-state index >= 15 is 0 Å². The SMILES string of the molecule is CC(C)COCCN1CCCc2c(N)cccc21. The fraction of sp³-hybridized carbons (Fsp3) is 0.600. The predicted molar refractivity (Wildman–Crippen MR) is 77.0 cm³/mol. The molecule has 1 aromatic carbocycles. The van der Waals surface area contributed by atoms with E-state index in [1.165, 1.54) is 17.7 Å². The van der Waals surface area contributed by atoms with Gasteiger partial charge in [-0.2, -0.15) is 0 Å². The summed E-state index contributed by atoms with van der Waals surface area (Å²) in [4.78, 5) is 2.40. The van der Waals surface area contributed by atoms with Gasteiger partial charge in [-0.15, -0.1) is 0 Å². The maximum absolute atomic E-state index is 6.04. The summed E-state index contributed by atoms with van der Waals surface area (Å²) in [6, 6.07) is 6.21. The molecule has 0 saturated heterocycles. The number of nitrogen functional groups attached to an aromatic ring is 1. The molecule has 18 heavy (non-hydrogen) atoms. The molecule has 0 aliphatic carbocycles. The molecule has 0 unspecified atom stereocenters. The van der Waals surface area contributed by atoms with Gasteiger partial charge in [0.05, 0.1) is 6.61 Å². The van der Waals surface area contributed by atoms with Gasteiger partial charge in [-0.05, 0) is 36.5 Å². The normalized spacial score (nSPS) is 14.9. The summed E-state index contributed by atoms with van der Waals surface area (Å²) in [6.45, 7) is 8.07. The number of nitrogens with zero attached hydrogens (tertiary/aromatic N) is 1. The number of anilines is 2. The topological polar surface area (TPSA) is 38.5 Å². The first-order valence-corrected chi connectivity index (χ1v) is 6.88. The summed E-state index contributed by atoms with van der Waals surface area (Å²) in [5.74, 6) is 0.606. The highest BCUT2D eigenvalue weighted by Crippen LogP contribution is 2.30. The number of fused-ring (bicyclic) bond motifs is 1. The highest BCUT2D eigenvalue weighted by Gasteiger charge is 2.17. The second-order valence-electron chi connectivity index (χ2n) is 5.40. The summed E-state index contributed by atoms with van der Waals surface area (Å²) in [7, 11) is 0. The molecule has 0 spiro atoms. The van der Waals surface area contributed by atoms with E-state index in [1.807, 2.05) is 12.1 Å². The minimum Gasteiger partial charge on any atom is -0.398 e. The number of hydrogen-bond acceptors (Lipinski definition) is 3. The number of rotatable bonds is 5. The molecule has 0 amide bonds. The molecule has 3 heteroatoms. The van der Waals surface area contributed by atoms with Crippen LogP contribution in [-0.4, -0.2) is 26.3 Å². The van der Waals surface area contributed by atoms with Gasteiger partial charge in [0.15, 0.2) is 0 Å². The van der Waals surface area contributed by atoms with Gasteiger partial charge in [-0.1, -0.05) is 19.9 Å². The maximum Gasteiger partial charge on any atom is 0.0641 e. The van der Waals surface area contributed by atoms with Crippen LogP contribution in [0.5, 0.6) is 0 Å². The Kier molecular flexibility index (Phi) is 4.48. The molecule has 3 nitrogen and oxygen atoms in total. The van der Waals surface area contributed by atoms with Crippen molar-refractivity contribution in [3.8, 4) is 0 Å². The Labute approximate surface area is 110 Å². The summed E-state index contributed by atoms with van der Waals surface area (Å²) >= 11 is 0. The Morgan fingerprint density at radius 1 is 1.39 bits per heavy atom. The fourth-order valence-electron chi connectivity index (χ4n) is 2.45. The molecule has 0 saturated carbocycles. The first kappa shape index (κ1) is 13.2. The van der Waals surface area contributed by atoms with Crippen LogP contribution in [-0.2, 0) is 11.2 Å². The van der Waals surface area contributed by atoms with Gasteiger partial charge in [-0.3, -0.25) is 0 Å². The van der Waals surface area contributed by atoms with Crippen molar-refractivity contribution < 1.29 is 4.74 Å². The van der Waals surface area contributed by atoms with Crippen molar-refractivity contribution in [2.45, 2.75) is 26.7 Å². The van der Waals surface area contributed by atoms with Crippen molar-refractivity contribution in [2.24, 2.45) is 5.92 Å². The van der Waals surface area contributed by atoms with Crippen LogP contribution < -0.4 is 10.6 Å². The Morgan fingerprint density at radius 3 is 3.00 bits per heavy atom. The van der Waals surface area contributed by atoms with Crippen LogP contribution in [0.3, 0.4) is 0 Å². The molecule has 1 aliphatic heterocycles. The lowest BCUT2D eigenvalue weighted by molar-refractivity contribution is 0.115. The zero-order valence-corrected chi connectivity index (χ0v) is 11.5. The smallest absolute Gasteiger partial charge is 0.0641 e. The number of benzene rings is 1. The lowest BCUT2D eigenvalue weighted by Crippen LogP contribution is -2.33. The van der Waals surface area contributed by atoms with E-state index in [9.17, 15) is 0 Å². The summed E-state index contributed by atoms with van der Waals surface area (Å²) in [5.41, 5.74) is 9.58. The molecule has 1 heterocycles. The van der Waals surface area contributed by atoms with Crippen LogP contribution in [0, 0.1) is 5.92 Å². The van der Waals surface area contributed by atoms with Gasteiger partial charge in [0, 0.05) is 31.1 Å². The Hall–Kier alpha value is -1.22. The van der Waals surface area contributed by atoms with E-state index in [0.717, 1.165) is 38.4 Å². The molecule has 0 radical (unpaired) electrons. The first-order chi connectivity index (χ1) is 8.68. The van der Waals surface area contributed by atoms with Gasteiger partial charge < -0.3 is 15.4 Å². The molecule has 0 atom stereocenters. The lowest BCUT2D eigenvalue weighted by atomic mass is 10.00. The van der Waals surface area contributed by atoms with Crippen LogP contribution in [0.15, 0.2) is 18.2 Å². The van der Waals surface area contributed by atoms with Crippen molar-refractivity contribution >= 4 is 11.4 Å². The molecule has 0 fully saturated rings. The largest absolute Gasteiger partial charge is 0.398 e. The molecule has 100 valence electrons. The van der Waals surface area contributed by atoms with Gasteiger partial charge in [0.25, 0.3) is 0 Å². The van der Waals surface area contributed by atoms with E-state index in [0.29, 0.717) is 5.92 Å². The molecular formula is C15H24N2O. The third-order valence-corrected chi connectivity index (χ3v) is 3.34. The van der Waals surface area contributed by atoms with Crippen LogP contribution in [0.1, 0.15) is 25.8 Å². The standard InChI is InChI=1S/C15H24N2O/c1-12(2)11-18-10-9-17-8-4-5-13-14(16)6-3-7-15(13)17/h3,6-7,12H,4-5,8-11,16H2,1-2H3. The fourth-order valence-corrected chi connectivity index (χ4v) is 2.45. The first-order valence-electron chi connectivity index (χ1n) is 6.88. The van der Waals surface area contributed by atoms with Crippen molar-refractivity contribution in [1.82, 2.24) is 0 Å². The molecule has 0 aromatic heterocycles. The molecule has 1 aromatic rings. The van der Waals surface area contributed by atoms with E-state index < -0.39 is 0 Å². The summed E-state index contributed by atoms with van der Waals surface area (Å²) in [6.07, 6.45) is 2.29. The molecular weight excluding hydrogens is 224 g/mol. The average Bonchev–Trinajstić information content (AvgIpc) is 2.35. The summed E-state index contributed by atoms with van der Waals surface area (Å²) < 4.78 is 5.67. The molecule has 2 rings (SSSR count).